The summed E-state index contributed by atoms with van der Waals surface area (Å²) in [5.41, 5.74) is 0. The second-order valence-electron chi connectivity index (χ2n) is 2.64. The van der Waals surface area contributed by atoms with Gasteiger partial charge in [-0.2, -0.15) is 0 Å². The van der Waals surface area contributed by atoms with Crippen LogP contribution in [-0.2, 0) is 9.09 Å². The minimum absolute atomic E-state index is 0.199. The van der Waals surface area contributed by atoms with Crippen LogP contribution in [0.4, 0.5) is 0 Å². The van der Waals surface area contributed by atoms with E-state index in [1.165, 1.54) is 13.2 Å². The summed E-state index contributed by atoms with van der Waals surface area (Å²) >= 11 is 0. The van der Waals surface area contributed by atoms with Gasteiger partial charge in [0.2, 0.25) is 0 Å². The molecule has 1 aromatic carbocycles. The average molecular weight is 216 g/mol. The summed E-state index contributed by atoms with van der Waals surface area (Å²) < 4.78 is 21.3. The van der Waals surface area contributed by atoms with Gasteiger partial charge in [-0.05, 0) is 25.1 Å². The van der Waals surface area contributed by atoms with Gasteiger partial charge in [-0.3, -0.25) is 4.57 Å². The fourth-order valence-corrected chi connectivity index (χ4v) is 2.10. The molecule has 0 spiro atoms. The van der Waals surface area contributed by atoms with Crippen LogP contribution in [0.5, 0.6) is 5.75 Å². The summed E-state index contributed by atoms with van der Waals surface area (Å²) in [6.45, 7) is 1.87. The Hall–Kier alpha value is -0.830. The van der Waals surface area contributed by atoms with Crippen molar-refractivity contribution in [1.82, 2.24) is 0 Å². The van der Waals surface area contributed by atoms with Crippen molar-refractivity contribution in [2.24, 2.45) is 0 Å². The molecule has 0 radical (unpaired) electrons. The van der Waals surface area contributed by atoms with E-state index >= 15 is 0 Å². The standard InChI is InChI=1S/C9H13O4P/c1-3-13-14(10,11)9-6-4-5-8(7-9)12-2/h4-7H,3H2,1-2H3,(H,10,11). The molecule has 0 saturated heterocycles. The summed E-state index contributed by atoms with van der Waals surface area (Å²) in [5, 5.41) is 0.249. The molecule has 0 aliphatic rings. The van der Waals surface area contributed by atoms with Crippen molar-refractivity contribution >= 4 is 12.9 Å². The van der Waals surface area contributed by atoms with E-state index in [1.807, 2.05) is 0 Å². The SMILES string of the molecule is CCOP(=O)(O)c1cccc(OC)c1. The van der Waals surface area contributed by atoms with Crippen molar-refractivity contribution in [2.45, 2.75) is 6.92 Å². The lowest BCUT2D eigenvalue weighted by atomic mass is 10.3. The highest BCUT2D eigenvalue weighted by Gasteiger charge is 2.21. The van der Waals surface area contributed by atoms with E-state index in [1.54, 1.807) is 25.1 Å². The molecular weight excluding hydrogens is 203 g/mol. The van der Waals surface area contributed by atoms with Gasteiger partial charge in [0.1, 0.15) is 5.75 Å². The van der Waals surface area contributed by atoms with Crippen LogP contribution in [0.1, 0.15) is 6.92 Å². The van der Waals surface area contributed by atoms with Gasteiger partial charge in [0, 0.05) is 0 Å². The molecule has 0 saturated carbocycles. The molecule has 4 nitrogen and oxygen atoms in total. The van der Waals surface area contributed by atoms with Crippen LogP contribution in [0, 0.1) is 0 Å². The molecule has 5 heteroatoms. The molecule has 0 bridgehead atoms. The quantitative estimate of drug-likeness (QED) is 0.775. The molecule has 0 fully saturated rings. The molecule has 1 unspecified atom stereocenters. The third kappa shape index (κ3) is 2.58. The number of hydrogen-bond acceptors (Lipinski definition) is 3. The Bertz CT molecular complexity index is 350. The topological polar surface area (TPSA) is 55.8 Å². The number of benzene rings is 1. The average Bonchev–Trinajstić information content (AvgIpc) is 2.18. The number of hydrogen-bond donors (Lipinski definition) is 1. The number of ether oxygens (including phenoxy) is 1. The second-order valence-corrected chi connectivity index (χ2v) is 4.46. The smallest absolute Gasteiger partial charge is 0.358 e. The normalized spacial score (nSPS) is 14.8. The Morgan fingerprint density at radius 1 is 1.50 bits per heavy atom. The molecule has 0 aliphatic carbocycles. The largest absolute Gasteiger partial charge is 0.497 e. The Balaban J connectivity index is 3.00. The second kappa shape index (κ2) is 4.60. The Morgan fingerprint density at radius 3 is 2.79 bits per heavy atom. The number of methoxy groups -OCH3 is 1. The van der Waals surface area contributed by atoms with Crippen LogP contribution in [-0.4, -0.2) is 18.6 Å². The first kappa shape index (κ1) is 11.2. The first-order valence-corrected chi connectivity index (χ1v) is 5.80. The van der Waals surface area contributed by atoms with Crippen molar-refractivity contribution in [3.63, 3.8) is 0 Å². The molecule has 0 aromatic heterocycles. The number of rotatable bonds is 4. The van der Waals surface area contributed by atoms with E-state index in [2.05, 4.69) is 0 Å². The van der Waals surface area contributed by atoms with Crippen LogP contribution in [0.15, 0.2) is 24.3 Å². The van der Waals surface area contributed by atoms with E-state index in [9.17, 15) is 9.46 Å². The molecule has 1 N–H and O–H groups in total. The van der Waals surface area contributed by atoms with Gasteiger partial charge in [0.15, 0.2) is 0 Å². The highest BCUT2D eigenvalue weighted by Crippen LogP contribution is 2.40. The summed E-state index contributed by atoms with van der Waals surface area (Å²) in [5.74, 6) is 0.538. The van der Waals surface area contributed by atoms with Crippen molar-refractivity contribution < 1.29 is 18.7 Å². The predicted octanol–water partition coefficient (Wildman–Crippen LogP) is 1.54. The lowest BCUT2D eigenvalue weighted by molar-refractivity contribution is 0.284. The van der Waals surface area contributed by atoms with Gasteiger partial charge in [-0.1, -0.05) is 6.07 Å². The third-order valence-corrected chi connectivity index (χ3v) is 3.22. The predicted molar refractivity (Wildman–Crippen MR) is 54.1 cm³/mol. The van der Waals surface area contributed by atoms with Gasteiger partial charge in [0.25, 0.3) is 0 Å². The van der Waals surface area contributed by atoms with E-state index in [0.717, 1.165) is 0 Å². The summed E-state index contributed by atoms with van der Waals surface area (Å²) in [6.07, 6.45) is 0. The van der Waals surface area contributed by atoms with Crippen molar-refractivity contribution in [3.05, 3.63) is 24.3 Å². The molecule has 0 amide bonds. The van der Waals surface area contributed by atoms with Crippen molar-refractivity contribution in [2.75, 3.05) is 13.7 Å². The maximum Gasteiger partial charge on any atom is 0.358 e. The van der Waals surface area contributed by atoms with Gasteiger partial charge in [0.05, 0.1) is 19.0 Å². The monoisotopic (exact) mass is 216 g/mol. The molecule has 14 heavy (non-hydrogen) atoms. The third-order valence-electron chi connectivity index (χ3n) is 1.68. The van der Waals surface area contributed by atoms with E-state index in [0.29, 0.717) is 5.75 Å². The Morgan fingerprint density at radius 2 is 2.21 bits per heavy atom. The van der Waals surface area contributed by atoms with E-state index in [4.69, 9.17) is 9.26 Å². The van der Waals surface area contributed by atoms with Crippen molar-refractivity contribution in [3.8, 4) is 5.75 Å². The van der Waals surface area contributed by atoms with Crippen LogP contribution in [0.3, 0.4) is 0 Å². The summed E-state index contributed by atoms with van der Waals surface area (Å²) in [7, 11) is -2.16. The maximum atomic E-state index is 11.6. The maximum absolute atomic E-state index is 11.6. The van der Waals surface area contributed by atoms with Crippen LogP contribution >= 0.6 is 7.60 Å². The van der Waals surface area contributed by atoms with E-state index in [-0.39, 0.29) is 11.9 Å². The minimum Gasteiger partial charge on any atom is -0.497 e. The highest BCUT2D eigenvalue weighted by molar-refractivity contribution is 7.61. The van der Waals surface area contributed by atoms with Gasteiger partial charge in [-0.25, -0.2) is 0 Å². The summed E-state index contributed by atoms with van der Waals surface area (Å²) in [6, 6.07) is 6.39. The zero-order valence-electron chi connectivity index (χ0n) is 8.14. The summed E-state index contributed by atoms with van der Waals surface area (Å²) in [4.78, 5) is 9.48. The molecule has 0 aliphatic heterocycles. The molecule has 1 rings (SSSR count). The zero-order valence-corrected chi connectivity index (χ0v) is 9.03. The lowest BCUT2D eigenvalue weighted by Gasteiger charge is -2.11. The van der Waals surface area contributed by atoms with Crippen LogP contribution in [0.2, 0.25) is 0 Å². The fourth-order valence-electron chi connectivity index (χ4n) is 1.04. The van der Waals surface area contributed by atoms with Gasteiger partial charge in [-0.15, -0.1) is 0 Å². The van der Waals surface area contributed by atoms with Gasteiger partial charge < -0.3 is 14.2 Å². The van der Waals surface area contributed by atoms with E-state index < -0.39 is 7.60 Å². The first-order valence-electron chi connectivity index (χ1n) is 4.22. The molecular formula is C9H13O4P. The minimum atomic E-state index is -3.67. The molecule has 0 heterocycles. The first-order chi connectivity index (χ1) is 6.60. The Kier molecular flexibility index (Phi) is 3.69. The van der Waals surface area contributed by atoms with Crippen molar-refractivity contribution in [1.29, 1.82) is 0 Å². The molecule has 1 atom stereocenters. The highest BCUT2D eigenvalue weighted by atomic mass is 31.2. The fraction of sp³-hybridized carbons (Fsp3) is 0.333. The van der Waals surface area contributed by atoms with Crippen LogP contribution in [0.25, 0.3) is 0 Å². The van der Waals surface area contributed by atoms with Crippen LogP contribution < -0.4 is 10.0 Å². The zero-order chi connectivity index (χ0) is 10.6. The molecule has 78 valence electrons. The van der Waals surface area contributed by atoms with Gasteiger partial charge >= 0.3 is 7.60 Å². The Labute approximate surface area is 83.0 Å². The molecule has 1 aromatic rings. The lowest BCUT2D eigenvalue weighted by Crippen LogP contribution is -2.07.